The third-order valence-electron chi connectivity index (χ3n) is 2.65. The van der Waals surface area contributed by atoms with Crippen molar-refractivity contribution in [3.63, 3.8) is 0 Å². The third-order valence-corrected chi connectivity index (χ3v) is 3.15. The van der Waals surface area contributed by atoms with Crippen molar-refractivity contribution >= 4 is 17.6 Å². The fraction of sp³-hybridized carbons (Fsp3) is 0.364. The van der Waals surface area contributed by atoms with Gasteiger partial charge >= 0.3 is 5.97 Å². The highest BCUT2D eigenvalue weighted by atomic mass is 35.5. The van der Waals surface area contributed by atoms with E-state index in [2.05, 4.69) is 0 Å². The summed E-state index contributed by atoms with van der Waals surface area (Å²) >= 11 is 6.15. The van der Waals surface area contributed by atoms with Gasteiger partial charge < -0.3 is 20.3 Å². The number of carboxylic acids is 1. The number of benzene rings is 1. The van der Waals surface area contributed by atoms with Gasteiger partial charge in [0.1, 0.15) is 0 Å². The molecule has 2 rings (SSSR count). The van der Waals surface area contributed by atoms with Crippen LogP contribution in [0.25, 0.3) is 0 Å². The summed E-state index contributed by atoms with van der Waals surface area (Å²) in [6, 6.07) is 0.985. The van der Waals surface area contributed by atoms with Gasteiger partial charge in [0.2, 0.25) is 6.79 Å². The lowest BCUT2D eigenvalue weighted by atomic mass is 10.0. The van der Waals surface area contributed by atoms with Gasteiger partial charge in [0.05, 0.1) is 11.4 Å². The maximum absolute atomic E-state index is 10.6. The van der Waals surface area contributed by atoms with Crippen molar-refractivity contribution in [1.29, 1.82) is 0 Å². The number of nitrogens with two attached hydrogens (primary N) is 1. The van der Waals surface area contributed by atoms with Gasteiger partial charge in [0, 0.05) is 11.6 Å². The van der Waals surface area contributed by atoms with Gasteiger partial charge in [0.25, 0.3) is 0 Å². The van der Waals surface area contributed by atoms with Crippen molar-refractivity contribution in [1.82, 2.24) is 0 Å². The number of carbonyl (C=O) groups is 1. The van der Waals surface area contributed by atoms with Crippen LogP contribution >= 0.6 is 11.6 Å². The molecule has 1 aromatic rings. The summed E-state index contributed by atoms with van der Waals surface area (Å²) in [6.45, 7) is 1.93. The average molecular weight is 258 g/mol. The lowest BCUT2D eigenvalue weighted by Crippen LogP contribution is -2.15. The molecule has 1 aliphatic heterocycles. The van der Waals surface area contributed by atoms with Crippen LogP contribution in [0.4, 0.5) is 0 Å². The Morgan fingerprint density at radius 1 is 1.65 bits per heavy atom. The molecule has 0 radical (unpaired) electrons. The van der Waals surface area contributed by atoms with Crippen LogP contribution in [0.3, 0.4) is 0 Å². The molecule has 0 saturated carbocycles. The van der Waals surface area contributed by atoms with Crippen LogP contribution in [0.2, 0.25) is 5.02 Å². The summed E-state index contributed by atoms with van der Waals surface area (Å²) in [5.74, 6) is 0.188. The van der Waals surface area contributed by atoms with Crippen molar-refractivity contribution in [2.45, 2.75) is 19.4 Å². The quantitative estimate of drug-likeness (QED) is 0.864. The smallest absolute Gasteiger partial charge is 0.305 e. The van der Waals surface area contributed by atoms with Gasteiger partial charge in [-0.3, -0.25) is 4.79 Å². The number of hydrogen-bond donors (Lipinski definition) is 2. The van der Waals surface area contributed by atoms with Crippen molar-refractivity contribution in [2.75, 3.05) is 6.79 Å². The van der Waals surface area contributed by atoms with Gasteiger partial charge in [-0.05, 0) is 18.6 Å². The summed E-state index contributed by atoms with van der Waals surface area (Å²) < 4.78 is 10.5. The van der Waals surface area contributed by atoms with Crippen LogP contribution in [0, 0.1) is 6.92 Å². The van der Waals surface area contributed by atoms with E-state index in [0.717, 1.165) is 5.56 Å². The van der Waals surface area contributed by atoms with Crippen LogP contribution in [0.1, 0.15) is 23.6 Å². The monoisotopic (exact) mass is 257 g/mol. The number of carboxylic acid groups (broad SMARTS) is 1. The second kappa shape index (κ2) is 4.43. The van der Waals surface area contributed by atoms with E-state index in [1.165, 1.54) is 0 Å². The highest BCUT2D eigenvalue weighted by molar-refractivity contribution is 6.32. The molecule has 0 fully saturated rings. The Hall–Kier alpha value is -1.46. The summed E-state index contributed by atoms with van der Waals surface area (Å²) in [4.78, 5) is 10.6. The molecule has 1 heterocycles. The zero-order valence-corrected chi connectivity index (χ0v) is 9.95. The lowest BCUT2D eigenvalue weighted by Gasteiger charge is -2.14. The average Bonchev–Trinajstić information content (AvgIpc) is 2.70. The number of hydrogen-bond acceptors (Lipinski definition) is 4. The number of fused-ring (bicyclic) bond motifs is 1. The van der Waals surface area contributed by atoms with Crippen molar-refractivity contribution < 1.29 is 19.4 Å². The number of halogens is 1. The molecular formula is C11H12ClNO4. The van der Waals surface area contributed by atoms with E-state index < -0.39 is 12.0 Å². The fourth-order valence-electron chi connectivity index (χ4n) is 1.78. The number of aliphatic carboxylic acids is 1. The molecule has 1 atom stereocenters. The predicted molar refractivity (Wildman–Crippen MR) is 61.5 cm³/mol. The first-order chi connectivity index (χ1) is 8.00. The fourth-order valence-corrected chi connectivity index (χ4v) is 2.06. The second-order valence-corrected chi connectivity index (χ2v) is 4.22. The van der Waals surface area contributed by atoms with E-state index in [4.69, 9.17) is 31.9 Å². The molecular weight excluding hydrogens is 246 g/mol. The van der Waals surface area contributed by atoms with E-state index in [-0.39, 0.29) is 13.2 Å². The topological polar surface area (TPSA) is 81.8 Å². The highest BCUT2D eigenvalue weighted by Gasteiger charge is 2.24. The Morgan fingerprint density at radius 2 is 2.35 bits per heavy atom. The Labute approximate surface area is 103 Å². The van der Waals surface area contributed by atoms with Crippen LogP contribution in [-0.4, -0.2) is 17.9 Å². The molecule has 17 heavy (non-hydrogen) atoms. The Kier molecular flexibility index (Phi) is 3.13. The molecule has 0 spiro atoms. The standard InChI is InChI=1S/C11H12ClNO4/c1-5-10(12)6(7(13)3-9(14)15)2-8-11(5)17-4-16-8/h2,7H,3-4,13H2,1H3,(H,14,15). The maximum atomic E-state index is 10.6. The molecule has 0 aromatic heterocycles. The van der Waals surface area contributed by atoms with Crippen molar-refractivity contribution in [3.8, 4) is 11.5 Å². The first-order valence-corrected chi connectivity index (χ1v) is 5.44. The van der Waals surface area contributed by atoms with E-state index in [9.17, 15) is 4.79 Å². The third kappa shape index (κ3) is 2.16. The molecule has 0 amide bonds. The molecule has 6 heteroatoms. The molecule has 0 bridgehead atoms. The normalized spacial score (nSPS) is 14.8. The molecule has 3 N–H and O–H groups in total. The minimum absolute atomic E-state index is 0.143. The van der Waals surface area contributed by atoms with Gasteiger partial charge in [-0.2, -0.15) is 0 Å². The number of rotatable bonds is 3. The Bertz CT molecular complexity index is 475. The Morgan fingerprint density at radius 3 is 3.00 bits per heavy atom. The van der Waals surface area contributed by atoms with Crippen LogP contribution in [-0.2, 0) is 4.79 Å². The number of ether oxygens (including phenoxy) is 2. The first kappa shape index (κ1) is 12.0. The molecule has 5 nitrogen and oxygen atoms in total. The predicted octanol–water partition coefficient (Wildman–Crippen LogP) is 1.85. The summed E-state index contributed by atoms with van der Waals surface area (Å²) in [5, 5.41) is 9.15. The molecule has 1 unspecified atom stereocenters. The summed E-state index contributed by atoms with van der Waals surface area (Å²) in [5.41, 5.74) is 7.08. The van der Waals surface area contributed by atoms with Gasteiger partial charge in [-0.1, -0.05) is 11.6 Å². The largest absolute Gasteiger partial charge is 0.481 e. The molecule has 0 aliphatic carbocycles. The minimum atomic E-state index is -0.969. The van der Waals surface area contributed by atoms with Gasteiger partial charge in [-0.25, -0.2) is 0 Å². The van der Waals surface area contributed by atoms with Crippen molar-refractivity contribution in [3.05, 3.63) is 22.2 Å². The zero-order chi connectivity index (χ0) is 12.6. The SMILES string of the molecule is Cc1c(Cl)c(C(N)CC(=O)O)cc2c1OCO2. The van der Waals surface area contributed by atoms with Crippen LogP contribution in [0.15, 0.2) is 6.07 Å². The van der Waals surface area contributed by atoms with Gasteiger partial charge in [0.15, 0.2) is 11.5 Å². The zero-order valence-electron chi connectivity index (χ0n) is 9.20. The molecule has 92 valence electrons. The maximum Gasteiger partial charge on any atom is 0.305 e. The van der Waals surface area contributed by atoms with E-state index in [0.29, 0.717) is 22.1 Å². The minimum Gasteiger partial charge on any atom is -0.481 e. The first-order valence-electron chi connectivity index (χ1n) is 5.06. The van der Waals surface area contributed by atoms with Crippen LogP contribution in [0.5, 0.6) is 11.5 Å². The molecule has 1 aromatic carbocycles. The summed E-state index contributed by atoms with van der Waals surface area (Å²) in [6.07, 6.45) is -0.182. The second-order valence-electron chi connectivity index (χ2n) is 3.84. The van der Waals surface area contributed by atoms with E-state index in [1.54, 1.807) is 13.0 Å². The summed E-state index contributed by atoms with van der Waals surface area (Å²) in [7, 11) is 0. The lowest BCUT2D eigenvalue weighted by molar-refractivity contribution is -0.137. The van der Waals surface area contributed by atoms with E-state index >= 15 is 0 Å². The van der Waals surface area contributed by atoms with Crippen molar-refractivity contribution in [2.24, 2.45) is 5.73 Å². The van der Waals surface area contributed by atoms with Crippen LogP contribution < -0.4 is 15.2 Å². The molecule has 1 aliphatic rings. The highest BCUT2D eigenvalue weighted by Crippen LogP contribution is 2.42. The Balaban J connectivity index is 2.41. The van der Waals surface area contributed by atoms with E-state index in [1.807, 2.05) is 0 Å². The van der Waals surface area contributed by atoms with Gasteiger partial charge in [-0.15, -0.1) is 0 Å². The molecule has 0 saturated heterocycles.